The van der Waals surface area contributed by atoms with Crippen molar-refractivity contribution in [3.63, 3.8) is 0 Å². The van der Waals surface area contributed by atoms with Gasteiger partial charge < -0.3 is 10.4 Å². The van der Waals surface area contributed by atoms with E-state index in [1.54, 1.807) is 6.07 Å². The smallest absolute Gasteiger partial charge is 0.0628 e. The molecule has 0 saturated carbocycles. The summed E-state index contributed by atoms with van der Waals surface area (Å²) in [5, 5.41) is 14.1. The van der Waals surface area contributed by atoms with Gasteiger partial charge in [-0.1, -0.05) is 29.3 Å². The topological polar surface area (TPSA) is 35.5 Å². The van der Waals surface area contributed by atoms with Crippen LogP contribution >= 0.6 is 23.2 Å². The van der Waals surface area contributed by atoms with E-state index in [1.807, 2.05) is 12.1 Å². The molecule has 0 aliphatic carbocycles. The molecule has 2 rings (SSSR count). The average Bonchev–Trinajstić information content (AvgIpc) is 2.37. The van der Waals surface area contributed by atoms with Gasteiger partial charge in [-0.2, -0.15) is 0 Å². The molecule has 1 saturated heterocycles. The van der Waals surface area contributed by atoms with Crippen LogP contribution < -0.4 is 5.32 Å². The molecule has 1 heterocycles. The Labute approximate surface area is 118 Å². The zero-order valence-electron chi connectivity index (χ0n) is 10.4. The first-order valence-electron chi connectivity index (χ1n) is 6.15. The molecule has 2 N–H and O–H groups in total. The zero-order chi connectivity index (χ0) is 13.1. The van der Waals surface area contributed by atoms with Gasteiger partial charge in [-0.3, -0.25) is 4.90 Å². The maximum Gasteiger partial charge on any atom is 0.0628 e. The van der Waals surface area contributed by atoms with Crippen LogP contribution in [0.1, 0.15) is 18.5 Å². The number of nitrogens with one attached hydrogen (secondary N) is 1. The number of aliphatic hydroxyl groups is 1. The highest BCUT2D eigenvalue weighted by Gasteiger charge is 2.26. The summed E-state index contributed by atoms with van der Waals surface area (Å²) in [6.45, 7) is 5.06. The van der Waals surface area contributed by atoms with E-state index in [4.69, 9.17) is 23.2 Å². The molecule has 0 radical (unpaired) electrons. The number of nitrogens with zero attached hydrogens (tertiary/aromatic N) is 1. The first-order valence-corrected chi connectivity index (χ1v) is 6.91. The molecule has 0 bridgehead atoms. The monoisotopic (exact) mass is 288 g/mol. The Morgan fingerprint density at radius 3 is 2.83 bits per heavy atom. The molecule has 1 aromatic rings. The molecule has 0 amide bonds. The quantitative estimate of drug-likeness (QED) is 0.896. The van der Waals surface area contributed by atoms with Gasteiger partial charge in [0, 0.05) is 25.7 Å². The maximum atomic E-state index is 9.67. The van der Waals surface area contributed by atoms with Crippen LogP contribution in [0.5, 0.6) is 0 Å². The molecule has 2 unspecified atom stereocenters. The highest BCUT2D eigenvalue weighted by molar-refractivity contribution is 6.42. The van der Waals surface area contributed by atoms with Crippen molar-refractivity contribution in [2.24, 2.45) is 0 Å². The summed E-state index contributed by atoms with van der Waals surface area (Å²) in [7, 11) is 0. The van der Waals surface area contributed by atoms with Crippen molar-refractivity contribution in [2.45, 2.75) is 19.0 Å². The lowest BCUT2D eigenvalue weighted by molar-refractivity contribution is 0.0723. The number of hydrogen-bond donors (Lipinski definition) is 2. The second-order valence-corrected chi connectivity index (χ2v) is 5.48. The minimum atomic E-state index is -0.0168. The van der Waals surface area contributed by atoms with Gasteiger partial charge in [0.15, 0.2) is 0 Å². The standard InChI is InChI=1S/C13H18Cl2N2O/c1-9-7-16-4-5-17(9)13(8-18)10-2-3-11(14)12(15)6-10/h2-3,6,9,13,16,18H,4-5,7-8H2,1H3. The van der Waals surface area contributed by atoms with Crippen molar-refractivity contribution in [3.05, 3.63) is 33.8 Å². The van der Waals surface area contributed by atoms with Crippen LogP contribution in [0.2, 0.25) is 10.0 Å². The van der Waals surface area contributed by atoms with Crippen LogP contribution in [0.3, 0.4) is 0 Å². The van der Waals surface area contributed by atoms with Crippen LogP contribution in [0.4, 0.5) is 0 Å². The van der Waals surface area contributed by atoms with Gasteiger partial charge in [-0.15, -0.1) is 0 Å². The van der Waals surface area contributed by atoms with Gasteiger partial charge >= 0.3 is 0 Å². The van der Waals surface area contributed by atoms with E-state index < -0.39 is 0 Å². The predicted molar refractivity (Wildman–Crippen MR) is 75.3 cm³/mol. The van der Waals surface area contributed by atoms with E-state index >= 15 is 0 Å². The Hall–Kier alpha value is -0.320. The fourth-order valence-electron chi connectivity index (χ4n) is 2.44. The van der Waals surface area contributed by atoms with Crippen molar-refractivity contribution < 1.29 is 5.11 Å². The van der Waals surface area contributed by atoms with Gasteiger partial charge in [-0.25, -0.2) is 0 Å². The molecule has 3 nitrogen and oxygen atoms in total. The summed E-state index contributed by atoms with van der Waals surface area (Å²) in [4.78, 5) is 2.30. The summed E-state index contributed by atoms with van der Waals surface area (Å²) >= 11 is 12.0. The third-order valence-corrected chi connectivity index (χ3v) is 4.19. The van der Waals surface area contributed by atoms with E-state index in [0.29, 0.717) is 16.1 Å². The number of hydrogen-bond acceptors (Lipinski definition) is 3. The van der Waals surface area contributed by atoms with Gasteiger partial charge in [0.25, 0.3) is 0 Å². The number of halogens is 2. The lowest BCUT2D eigenvalue weighted by Gasteiger charge is -2.39. The minimum absolute atomic E-state index is 0.0168. The van der Waals surface area contributed by atoms with E-state index in [2.05, 4.69) is 17.1 Å². The van der Waals surface area contributed by atoms with Crippen molar-refractivity contribution in [3.8, 4) is 0 Å². The van der Waals surface area contributed by atoms with Gasteiger partial charge in [0.1, 0.15) is 0 Å². The second kappa shape index (κ2) is 6.22. The van der Waals surface area contributed by atoms with Crippen molar-refractivity contribution >= 4 is 23.2 Å². The van der Waals surface area contributed by atoms with Crippen molar-refractivity contribution in [1.29, 1.82) is 0 Å². The summed E-state index contributed by atoms with van der Waals surface area (Å²) in [6.07, 6.45) is 0. The second-order valence-electron chi connectivity index (χ2n) is 4.66. The SMILES string of the molecule is CC1CNCCN1C(CO)c1ccc(Cl)c(Cl)c1. The Kier molecular flexibility index (Phi) is 4.87. The van der Waals surface area contributed by atoms with E-state index in [-0.39, 0.29) is 12.6 Å². The summed E-state index contributed by atoms with van der Waals surface area (Å²) in [5.74, 6) is 0. The normalized spacial score (nSPS) is 23.0. The zero-order valence-corrected chi connectivity index (χ0v) is 11.9. The van der Waals surface area contributed by atoms with Crippen molar-refractivity contribution in [2.75, 3.05) is 26.2 Å². The molecule has 5 heteroatoms. The molecule has 2 atom stereocenters. The van der Waals surface area contributed by atoms with Gasteiger partial charge in [0.2, 0.25) is 0 Å². The highest BCUT2D eigenvalue weighted by atomic mass is 35.5. The molecular weight excluding hydrogens is 271 g/mol. The third kappa shape index (κ3) is 2.98. The Morgan fingerprint density at radius 1 is 1.44 bits per heavy atom. The third-order valence-electron chi connectivity index (χ3n) is 3.45. The fraction of sp³-hybridized carbons (Fsp3) is 0.538. The molecule has 18 heavy (non-hydrogen) atoms. The maximum absolute atomic E-state index is 9.67. The molecular formula is C13H18Cl2N2O. The molecule has 1 fully saturated rings. The highest BCUT2D eigenvalue weighted by Crippen LogP contribution is 2.29. The van der Waals surface area contributed by atoms with Crippen LogP contribution in [-0.4, -0.2) is 42.3 Å². The van der Waals surface area contributed by atoms with Crippen molar-refractivity contribution in [1.82, 2.24) is 10.2 Å². The number of piperazine rings is 1. The largest absolute Gasteiger partial charge is 0.394 e. The lowest BCUT2D eigenvalue weighted by Crippen LogP contribution is -2.51. The fourth-order valence-corrected chi connectivity index (χ4v) is 2.75. The molecule has 0 spiro atoms. The van der Waals surface area contributed by atoms with Gasteiger partial charge in [0.05, 0.1) is 22.7 Å². The number of aliphatic hydroxyl groups excluding tert-OH is 1. The first-order chi connectivity index (χ1) is 8.63. The van der Waals surface area contributed by atoms with Crippen LogP contribution in [0.25, 0.3) is 0 Å². The van der Waals surface area contributed by atoms with Crippen LogP contribution in [0.15, 0.2) is 18.2 Å². The first kappa shape index (κ1) is 14.1. The predicted octanol–water partition coefficient (Wildman–Crippen LogP) is 2.32. The molecule has 1 aliphatic rings. The molecule has 100 valence electrons. The lowest BCUT2D eigenvalue weighted by atomic mass is 10.0. The van der Waals surface area contributed by atoms with E-state index in [0.717, 1.165) is 25.2 Å². The molecule has 1 aliphatic heterocycles. The average molecular weight is 289 g/mol. The van der Waals surface area contributed by atoms with E-state index in [9.17, 15) is 5.11 Å². The minimum Gasteiger partial charge on any atom is -0.394 e. The van der Waals surface area contributed by atoms with Gasteiger partial charge in [-0.05, 0) is 24.6 Å². The Balaban J connectivity index is 2.23. The number of benzene rings is 1. The molecule has 1 aromatic carbocycles. The summed E-state index contributed by atoms with van der Waals surface area (Å²) in [5.41, 5.74) is 1.01. The number of rotatable bonds is 3. The Morgan fingerprint density at radius 2 is 2.22 bits per heavy atom. The summed E-state index contributed by atoms with van der Waals surface area (Å²) < 4.78 is 0. The van der Waals surface area contributed by atoms with E-state index in [1.165, 1.54) is 0 Å². The van der Waals surface area contributed by atoms with Crippen LogP contribution in [0, 0.1) is 0 Å². The van der Waals surface area contributed by atoms with Crippen LogP contribution in [-0.2, 0) is 0 Å². The Bertz CT molecular complexity index is 414. The summed E-state index contributed by atoms with van der Waals surface area (Å²) in [6, 6.07) is 5.94. The molecule has 0 aromatic heterocycles.